The Morgan fingerprint density at radius 1 is 1.05 bits per heavy atom. The van der Waals surface area contributed by atoms with E-state index in [4.69, 9.17) is 4.74 Å². The van der Waals surface area contributed by atoms with E-state index in [0.717, 1.165) is 5.92 Å². The average molecular weight is 323 g/mol. The molecule has 1 nitrogen and oxygen atoms in total. The predicted octanol–water partition coefficient (Wildman–Crippen LogP) is 5.43. The van der Waals surface area contributed by atoms with Crippen molar-refractivity contribution >= 4 is 16.1 Å². The van der Waals surface area contributed by atoms with Crippen molar-refractivity contribution in [1.82, 2.24) is 0 Å². The highest BCUT2D eigenvalue weighted by Gasteiger charge is 2.48. The molecule has 3 atom stereocenters. The van der Waals surface area contributed by atoms with Crippen molar-refractivity contribution in [3.8, 4) is 0 Å². The van der Waals surface area contributed by atoms with Crippen LogP contribution in [0.2, 0.25) is 37.8 Å². The topological polar surface area (TPSA) is 9.23 Å². The SMILES string of the molecule is CC[Si](CC)(CC)C(OC)C1=C([Si](C)(C)C)[C@@H]2C=C[C@H]1C2. The number of hydrogen-bond donors (Lipinski definition) is 0. The van der Waals surface area contributed by atoms with Crippen LogP contribution in [0.3, 0.4) is 0 Å². The zero-order valence-electron chi connectivity index (χ0n) is 15.1. The van der Waals surface area contributed by atoms with E-state index >= 15 is 0 Å². The van der Waals surface area contributed by atoms with Crippen LogP contribution in [0, 0.1) is 11.8 Å². The fourth-order valence-corrected chi connectivity index (χ4v) is 11.7. The van der Waals surface area contributed by atoms with E-state index in [2.05, 4.69) is 52.6 Å². The third kappa shape index (κ3) is 2.77. The van der Waals surface area contributed by atoms with Gasteiger partial charge in [0.15, 0.2) is 0 Å². The maximum Gasteiger partial charge on any atom is 0.0921 e. The Labute approximate surface area is 133 Å². The Morgan fingerprint density at radius 2 is 1.57 bits per heavy atom. The normalized spacial score (nSPS) is 26.8. The molecular weight excluding hydrogens is 288 g/mol. The van der Waals surface area contributed by atoms with E-state index in [1.807, 2.05) is 12.3 Å². The van der Waals surface area contributed by atoms with Gasteiger partial charge in [0.05, 0.1) is 21.9 Å². The molecule has 0 saturated carbocycles. The summed E-state index contributed by atoms with van der Waals surface area (Å²) in [6, 6.07) is 4.05. The summed E-state index contributed by atoms with van der Waals surface area (Å²) in [7, 11) is -0.658. The highest BCUT2D eigenvalue weighted by molar-refractivity contribution is 6.84. The van der Waals surface area contributed by atoms with E-state index in [0.29, 0.717) is 11.6 Å². The van der Waals surface area contributed by atoms with Crippen LogP contribution in [0.5, 0.6) is 0 Å². The summed E-state index contributed by atoms with van der Waals surface area (Å²) >= 11 is 0. The Hall–Kier alpha value is -0.126. The second-order valence-electron chi connectivity index (χ2n) is 7.99. The number of hydrogen-bond acceptors (Lipinski definition) is 1. The molecule has 0 aromatic heterocycles. The second-order valence-corrected chi connectivity index (χ2v) is 18.4. The van der Waals surface area contributed by atoms with Crippen LogP contribution in [0.1, 0.15) is 27.2 Å². The molecule has 120 valence electrons. The zero-order valence-corrected chi connectivity index (χ0v) is 17.1. The molecule has 0 fully saturated rings. The molecule has 0 saturated heterocycles. The van der Waals surface area contributed by atoms with Crippen molar-refractivity contribution < 1.29 is 4.74 Å². The van der Waals surface area contributed by atoms with E-state index in [9.17, 15) is 0 Å². The van der Waals surface area contributed by atoms with Crippen molar-refractivity contribution in [3.63, 3.8) is 0 Å². The molecule has 0 aromatic carbocycles. The van der Waals surface area contributed by atoms with Crippen molar-refractivity contribution in [2.24, 2.45) is 11.8 Å². The van der Waals surface area contributed by atoms with Gasteiger partial charge in [-0.25, -0.2) is 0 Å². The van der Waals surface area contributed by atoms with Gasteiger partial charge in [-0.1, -0.05) is 75.9 Å². The summed E-state index contributed by atoms with van der Waals surface area (Å²) in [5.41, 5.74) is 2.21. The van der Waals surface area contributed by atoms with Gasteiger partial charge in [0.25, 0.3) is 0 Å². The molecule has 3 heteroatoms. The van der Waals surface area contributed by atoms with E-state index in [-0.39, 0.29) is 0 Å². The van der Waals surface area contributed by atoms with Gasteiger partial charge >= 0.3 is 0 Å². The minimum absolute atomic E-state index is 0.458. The number of fused-ring (bicyclic) bond motifs is 2. The number of allylic oxidation sites excluding steroid dienone is 3. The summed E-state index contributed by atoms with van der Waals surface area (Å²) in [5.74, 6) is 1.43. The maximum atomic E-state index is 6.24. The van der Waals surface area contributed by atoms with Gasteiger partial charge in [0.1, 0.15) is 0 Å². The molecule has 2 aliphatic rings. The van der Waals surface area contributed by atoms with Crippen LogP contribution in [-0.2, 0) is 4.74 Å². The number of methoxy groups -OCH3 is 1. The monoisotopic (exact) mass is 322 g/mol. The van der Waals surface area contributed by atoms with Gasteiger partial charge in [-0.3, -0.25) is 0 Å². The molecule has 0 radical (unpaired) electrons. The van der Waals surface area contributed by atoms with Crippen molar-refractivity contribution in [2.75, 3.05) is 7.11 Å². The first kappa shape index (κ1) is 17.2. The molecule has 0 aromatic rings. The fourth-order valence-electron chi connectivity index (χ4n) is 4.90. The number of ether oxygens (including phenoxy) is 1. The quantitative estimate of drug-likeness (QED) is 0.448. The smallest absolute Gasteiger partial charge is 0.0921 e. The molecule has 2 aliphatic carbocycles. The Bertz CT molecular complexity index is 432. The van der Waals surface area contributed by atoms with Crippen molar-refractivity contribution in [2.45, 2.75) is 70.7 Å². The minimum atomic E-state index is -1.36. The fraction of sp³-hybridized carbons (Fsp3) is 0.778. The van der Waals surface area contributed by atoms with E-state index in [1.165, 1.54) is 24.6 Å². The highest BCUT2D eigenvalue weighted by Crippen LogP contribution is 2.51. The third-order valence-electron chi connectivity index (χ3n) is 6.16. The predicted molar refractivity (Wildman–Crippen MR) is 99.1 cm³/mol. The lowest BCUT2D eigenvalue weighted by Gasteiger charge is -2.41. The second kappa shape index (κ2) is 6.17. The van der Waals surface area contributed by atoms with Gasteiger partial charge in [-0.05, 0) is 17.9 Å². The van der Waals surface area contributed by atoms with Gasteiger partial charge in [-0.15, -0.1) is 0 Å². The Balaban J connectivity index is 2.52. The molecule has 0 N–H and O–H groups in total. The summed E-state index contributed by atoms with van der Waals surface area (Å²) in [5, 5.41) is 1.84. The van der Waals surface area contributed by atoms with E-state index in [1.54, 1.807) is 5.57 Å². The summed E-state index contributed by atoms with van der Waals surface area (Å²) in [6.07, 6.45) is 6.31. The highest BCUT2D eigenvalue weighted by atomic mass is 28.3. The molecule has 0 spiro atoms. The maximum absolute atomic E-state index is 6.24. The van der Waals surface area contributed by atoms with Crippen LogP contribution >= 0.6 is 0 Å². The first-order valence-corrected chi connectivity index (χ1v) is 15.0. The molecule has 0 amide bonds. The van der Waals surface area contributed by atoms with Crippen LogP contribution in [-0.4, -0.2) is 29.0 Å². The lowest BCUT2D eigenvalue weighted by molar-refractivity contribution is 0.176. The van der Waals surface area contributed by atoms with Gasteiger partial charge in [0.2, 0.25) is 0 Å². The standard InChI is InChI=1S/C18H34OSi2/c1-8-21(9-2,10-3)18(19-4)16-14-11-12-15(13-14)17(16)20(5,6)7/h11-12,14-15,18H,8-10,13H2,1-7H3/t14-,15+,18?/m0/s1. The first-order valence-electron chi connectivity index (χ1n) is 8.80. The lowest BCUT2D eigenvalue weighted by atomic mass is 10.0. The number of rotatable bonds is 7. The molecule has 2 rings (SSSR count). The Morgan fingerprint density at radius 3 is 2.00 bits per heavy atom. The zero-order chi connectivity index (χ0) is 15.8. The molecule has 21 heavy (non-hydrogen) atoms. The van der Waals surface area contributed by atoms with Crippen LogP contribution < -0.4 is 0 Å². The van der Waals surface area contributed by atoms with Crippen molar-refractivity contribution in [1.29, 1.82) is 0 Å². The molecular formula is C18H34OSi2. The Kier molecular flexibility index (Phi) is 5.06. The average Bonchev–Trinajstić information content (AvgIpc) is 3.04. The summed E-state index contributed by atoms with van der Waals surface area (Å²) in [6.45, 7) is 14.8. The third-order valence-corrected chi connectivity index (χ3v) is 14.3. The summed E-state index contributed by atoms with van der Waals surface area (Å²) < 4.78 is 6.24. The van der Waals surface area contributed by atoms with Gasteiger partial charge in [-0.2, -0.15) is 0 Å². The van der Waals surface area contributed by atoms with Crippen LogP contribution in [0.15, 0.2) is 22.9 Å². The molecule has 0 aliphatic heterocycles. The lowest BCUT2D eigenvalue weighted by Crippen LogP contribution is -2.50. The van der Waals surface area contributed by atoms with Gasteiger partial charge in [0, 0.05) is 13.0 Å². The van der Waals surface area contributed by atoms with Crippen LogP contribution in [0.4, 0.5) is 0 Å². The molecule has 1 unspecified atom stereocenters. The molecule has 0 heterocycles. The van der Waals surface area contributed by atoms with Crippen molar-refractivity contribution in [3.05, 3.63) is 22.9 Å². The molecule has 2 bridgehead atoms. The first-order chi connectivity index (χ1) is 9.84. The van der Waals surface area contributed by atoms with Crippen LogP contribution in [0.25, 0.3) is 0 Å². The summed E-state index contributed by atoms with van der Waals surface area (Å²) in [4.78, 5) is 0. The minimum Gasteiger partial charge on any atom is -0.381 e. The van der Waals surface area contributed by atoms with E-state index < -0.39 is 16.1 Å². The van der Waals surface area contributed by atoms with Gasteiger partial charge < -0.3 is 4.74 Å². The largest absolute Gasteiger partial charge is 0.381 e.